The van der Waals surface area contributed by atoms with Crippen LogP contribution in [0.2, 0.25) is 0 Å². The molecule has 1 heterocycles. The summed E-state index contributed by atoms with van der Waals surface area (Å²) >= 11 is 3.46. The second-order valence-corrected chi connectivity index (χ2v) is 9.22. The van der Waals surface area contributed by atoms with E-state index in [9.17, 15) is 15.2 Å². The smallest absolute Gasteiger partial charge is 0.269 e. The third-order valence-electron chi connectivity index (χ3n) is 6.14. The molecular formula is C27H26BrN3O3. The number of non-ortho nitro benzene ring substituents is 1. The predicted molar refractivity (Wildman–Crippen MR) is 138 cm³/mol. The van der Waals surface area contributed by atoms with Gasteiger partial charge in [-0.2, -0.15) is 0 Å². The van der Waals surface area contributed by atoms with E-state index in [4.69, 9.17) is 0 Å². The predicted octanol–water partition coefficient (Wildman–Crippen LogP) is 4.81. The van der Waals surface area contributed by atoms with Gasteiger partial charge in [0.2, 0.25) is 0 Å². The molecule has 0 radical (unpaired) electrons. The molecular weight excluding hydrogens is 494 g/mol. The molecule has 1 unspecified atom stereocenters. The number of benzene rings is 3. The fourth-order valence-electron chi connectivity index (χ4n) is 4.12. The van der Waals surface area contributed by atoms with Gasteiger partial charge in [0.15, 0.2) is 0 Å². The van der Waals surface area contributed by atoms with Crippen LogP contribution < -0.4 is 4.90 Å². The highest BCUT2D eigenvalue weighted by Crippen LogP contribution is 2.33. The van der Waals surface area contributed by atoms with Gasteiger partial charge in [0.1, 0.15) is 5.60 Å². The molecule has 1 fully saturated rings. The zero-order chi connectivity index (χ0) is 24.0. The highest BCUT2D eigenvalue weighted by atomic mass is 79.9. The number of nitrogens with zero attached hydrogens (tertiary/aromatic N) is 3. The fraction of sp³-hybridized carbons (Fsp3) is 0.259. The molecule has 1 atom stereocenters. The molecule has 6 nitrogen and oxygen atoms in total. The van der Waals surface area contributed by atoms with Crippen molar-refractivity contribution >= 4 is 27.3 Å². The fourth-order valence-corrected chi connectivity index (χ4v) is 4.38. The molecule has 4 rings (SSSR count). The minimum absolute atomic E-state index is 0.108. The van der Waals surface area contributed by atoms with Crippen LogP contribution in [-0.4, -0.2) is 47.7 Å². The van der Waals surface area contributed by atoms with Crippen LogP contribution in [0.3, 0.4) is 0 Å². The Morgan fingerprint density at radius 1 is 0.882 bits per heavy atom. The zero-order valence-corrected chi connectivity index (χ0v) is 20.3. The van der Waals surface area contributed by atoms with Gasteiger partial charge in [-0.05, 0) is 35.4 Å². The second kappa shape index (κ2) is 10.8. The van der Waals surface area contributed by atoms with Crippen LogP contribution in [0.5, 0.6) is 0 Å². The third-order valence-corrected chi connectivity index (χ3v) is 6.67. The molecule has 1 saturated heterocycles. The summed E-state index contributed by atoms with van der Waals surface area (Å²) in [7, 11) is 0. The first-order valence-corrected chi connectivity index (χ1v) is 12.0. The van der Waals surface area contributed by atoms with Gasteiger partial charge in [-0.3, -0.25) is 15.0 Å². The summed E-state index contributed by atoms with van der Waals surface area (Å²) in [5, 5.41) is 22.5. The molecule has 34 heavy (non-hydrogen) atoms. The van der Waals surface area contributed by atoms with E-state index in [1.54, 1.807) is 24.3 Å². The van der Waals surface area contributed by atoms with E-state index < -0.39 is 5.60 Å². The normalized spacial score (nSPS) is 15.8. The molecule has 0 spiro atoms. The molecule has 0 saturated carbocycles. The molecule has 0 bridgehead atoms. The van der Waals surface area contributed by atoms with Crippen molar-refractivity contribution in [1.82, 2.24) is 4.90 Å². The van der Waals surface area contributed by atoms with Gasteiger partial charge in [-0.1, -0.05) is 70.2 Å². The van der Waals surface area contributed by atoms with E-state index in [1.807, 2.05) is 54.6 Å². The number of halogens is 1. The summed E-state index contributed by atoms with van der Waals surface area (Å²) in [5.41, 5.74) is 1.56. The maximum Gasteiger partial charge on any atom is 0.269 e. The number of aliphatic hydroxyl groups is 1. The van der Waals surface area contributed by atoms with E-state index in [0.29, 0.717) is 13.0 Å². The number of nitro groups is 1. The van der Waals surface area contributed by atoms with Crippen molar-refractivity contribution in [1.29, 1.82) is 0 Å². The minimum atomic E-state index is -1.18. The second-order valence-electron chi connectivity index (χ2n) is 8.30. The van der Waals surface area contributed by atoms with E-state index in [1.165, 1.54) is 0 Å². The number of hydrogen-bond donors (Lipinski definition) is 1. The van der Waals surface area contributed by atoms with Crippen molar-refractivity contribution in [3.63, 3.8) is 0 Å². The molecule has 3 aromatic carbocycles. The van der Waals surface area contributed by atoms with Gasteiger partial charge in [0.05, 0.1) is 11.5 Å². The van der Waals surface area contributed by atoms with Crippen LogP contribution in [0.25, 0.3) is 0 Å². The topological polar surface area (TPSA) is 69.9 Å². The molecule has 0 amide bonds. The first-order chi connectivity index (χ1) is 16.5. The van der Waals surface area contributed by atoms with Crippen LogP contribution in [0.1, 0.15) is 17.5 Å². The lowest BCUT2D eigenvalue weighted by Gasteiger charge is -2.35. The van der Waals surface area contributed by atoms with E-state index >= 15 is 0 Å². The van der Waals surface area contributed by atoms with Gasteiger partial charge < -0.3 is 10.0 Å². The lowest BCUT2D eigenvalue weighted by molar-refractivity contribution is -0.384. The Balaban J connectivity index is 1.36. The Hall–Kier alpha value is -3.18. The number of hydrogen-bond acceptors (Lipinski definition) is 5. The van der Waals surface area contributed by atoms with Crippen molar-refractivity contribution < 1.29 is 10.0 Å². The molecule has 7 heteroatoms. The molecule has 1 N–H and O–H groups in total. The summed E-state index contributed by atoms with van der Waals surface area (Å²) in [6.45, 7) is 4.04. The van der Waals surface area contributed by atoms with Crippen LogP contribution in [0.15, 0.2) is 83.3 Å². The van der Waals surface area contributed by atoms with Gasteiger partial charge in [-0.15, -0.1) is 0 Å². The molecule has 1 aliphatic heterocycles. The Labute approximate surface area is 208 Å². The SMILES string of the molecule is O=[N+]([O-])c1ccc(N2CCN(CC#CCC(O)(c3ccccc3)c3ccc(Br)cc3)CC2)cc1. The number of anilines is 1. The average Bonchev–Trinajstić information content (AvgIpc) is 2.88. The van der Waals surface area contributed by atoms with E-state index in [0.717, 1.165) is 47.5 Å². The number of rotatable bonds is 6. The van der Waals surface area contributed by atoms with Crippen molar-refractivity contribution in [2.45, 2.75) is 12.0 Å². The number of piperazine rings is 1. The van der Waals surface area contributed by atoms with Crippen molar-refractivity contribution in [3.8, 4) is 11.8 Å². The number of nitro benzene ring substituents is 1. The van der Waals surface area contributed by atoms with Crippen LogP contribution in [-0.2, 0) is 5.60 Å². The largest absolute Gasteiger partial charge is 0.379 e. The van der Waals surface area contributed by atoms with Gasteiger partial charge >= 0.3 is 0 Å². The van der Waals surface area contributed by atoms with Crippen LogP contribution in [0.4, 0.5) is 11.4 Å². The van der Waals surface area contributed by atoms with Gasteiger partial charge in [0, 0.05) is 54.9 Å². The first-order valence-electron chi connectivity index (χ1n) is 11.2. The molecule has 0 aromatic heterocycles. The Kier molecular flexibility index (Phi) is 7.63. The Morgan fingerprint density at radius 3 is 2.12 bits per heavy atom. The Bertz CT molecular complexity index is 1170. The van der Waals surface area contributed by atoms with Crippen molar-refractivity contribution in [2.75, 3.05) is 37.6 Å². The van der Waals surface area contributed by atoms with Crippen molar-refractivity contribution in [3.05, 3.63) is 105 Å². The van der Waals surface area contributed by atoms with E-state index in [2.05, 4.69) is 37.6 Å². The average molecular weight is 520 g/mol. The third kappa shape index (κ3) is 5.65. The summed E-state index contributed by atoms with van der Waals surface area (Å²) in [5.74, 6) is 6.46. The van der Waals surface area contributed by atoms with Gasteiger partial charge in [0.25, 0.3) is 5.69 Å². The monoisotopic (exact) mass is 519 g/mol. The first kappa shape index (κ1) is 24.0. The molecule has 1 aliphatic rings. The summed E-state index contributed by atoms with van der Waals surface area (Å²) in [4.78, 5) is 15.0. The highest BCUT2D eigenvalue weighted by molar-refractivity contribution is 9.10. The molecule has 3 aromatic rings. The maximum absolute atomic E-state index is 11.6. The summed E-state index contributed by atoms with van der Waals surface area (Å²) in [6.07, 6.45) is 0.307. The Morgan fingerprint density at radius 2 is 1.50 bits per heavy atom. The molecule has 0 aliphatic carbocycles. The van der Waals surface area contributed by atoms with Crippen molar-refractivity contribution in [2.24, 2.45) is 0 Å². The zero-order valence-electron chi connectivity index (χ0n) is 18.7. The van der Waals surface area contributed by atoms with Crippen LogP contribution in [0, 0.1) is 22.0 Å². The highest BCUT2D eigenvalue weighted by Gasteiger charge is 2.30. The quantitative estimate of drug-likeness (QED) is 0.287. The summed E-state index contributed by atoms with van der Waals surface area (Å²) in [6, 6.07) is 24.1. The standard InChI is InChI=1S/C27H26BrN3O3/c28-24-10-8-23(9-11-24)27(32,22-6-2-1-3-7-22)16-4-5-17-29-18-20-30(21-19-29)25-12-14-26(15-13-25)31(33)34/h1-3,6-15,32H,16-21H2. The molecule has 174 valence electrons. The minimum Gasteiger partial charge on any atom is -0.379 e. The maximum atomic E-state index is 11.6. The summed E-state index contributed by atoms with van der Waals surface area (Å²) < 4.78 is 0.964. The van der Waals surface area contributed by atoms with E-state index in [-0.39, 0.29) is 10.6 Å². The lowest BCUT2D eigenvalue weighted by atomic mass is 9.84. The van der Waals surface area contributed by atoms with Gasteiger partial charge in [-0.25, -0.2) is 0 Å². The van der Waals surface area contributed by atoms with Crippen LogP contribution >= 0.6 is 15.9 Å². The lowest BCUT2D eigenvalue weighted by Crippen LogP contribution is -2.46.